The Morgan fingerprint density at radius 3 is 2.61 bits per heavy atom. The Kier molecular flexibility index (Phi) is 4.53. The number of aromatic nitrogens is 2. The molecule has 1 fully saturated rings. The standard InChI is InChI=1S/C21H23FN4O2/c1-4-15-24-18(26-21(3)9-10-21)17-16(12(2)28-20(17)25-15)19(27)23-11-13-5-7-14(22)8-6-13/h5-8H,4,9-11H2,1-3H3,(H,23,27)(H,24,25,26). The normalized spacial score (nSPS) is 14.9. The minimum absolute atomic E-state index is 0.000667. The summed E-state index contributed by atoms with van der Waals surface area (Å²) < 4.78 is 18.9. The Hall–Kier alpha value is -2.96. The maximum atomic E-state index is 13.1. The molecule has 1 aromatic carbocycles. The van der Waals surface area contributed by atoms with Crippen LogP contribution in [0, 0.1) is 12.7 Å². The fraction of sp³-hybridized carbons (Fsp3) is 0.381. The van der Waals surface area contributed by atoms with Crippen molar-refractivity contribution in [2.45, 2.75) is 52.1 Å². The van der Waals surface area contributed by atoms with Gasteiger partial charge in [0.1, 0.15) is 23.2 Å². The number of nitrogens with one attached hydrogen (secondary N) is 2. The quantitative estimate of drug-likeness (QED) is 0.670. The van der Waals surface area contributed by atoms with Crippen LogP contribution in [0.4, 0.5) is 10.2 Å². The monoisotopic (exact) mass is 382 g/mol. The van der Waals surface area contributed by atoms with Crippen molar-refractivity contribution in [1.82, 2.24) is 15.3 Å². The number of carbonyl (C=O) groups is 1. The van der Waals surface area contributed by atoms with Gasteiger partial charge >= 0.3 is 0 Å². The summed E-state index contributed by atoms with van der Waals surface area (Å²) in [5.74, 6) is 1.24. The molecule has 1 amide bonds. The summed E-state index contributed by atoms with van der Waals surface area (Å²) in [5.41, 5.74) is 1.67. The molecule has 6 nitrogen and oxygen atoms in total. The zero-order valence-corrected chi connectivity index (χ0v) is 16.2. The number of nitrogens with zero attached hydrogens (tertiary/aromatic N) is 2. The molecule has 1 aliphatic carbocycles. The molecule has 3 aromatic rings. The molecule has 0 atom stereocenters. The highest BCUT2D eigenvalue weighted by Crippen LogP contribution is 2.40. The van der Waals surface area contributed by atoms with Gasteiger partial charge < -0.3 is 15.1 Å². The van der Waals surface area contributed by atoms with Crippen molar-refractivity contribution in [1.29, 1.82) is 0 Å². The molecule has 0 radical (unpaired) electrons. The number of anilines is 1. The zero-order chi connectivity index (χ0) is 19.9. The van der Waals surface area contributed by atoms with Crippen LogP contribution >= 0.6 is 0 Å². The SMILES string of the molecule is CCc1nc(NC2(C)CC2)c2c(C(=O)NCc3ccc(F)cc3)c(C)oc2n1. The molecule has 0 bridgehead atoms. The Morgan fingerprint density at radius 2 is 1.96 bits per heavy atom. The Morgan fingerprint density at radius 1 is 1.25 bits per heavy atom. The van der Waals surface area contributed by atoms with E-state index in [0.717, 1.165) is 18.4 Å². The highest BCUT2D eigenvalue weighted by Gasteiger charge is 2.38. The van der Waals surface area contributed by atoms with E-state index < -0.39 is 0 Å². The number of aryl methyl sites for hydroxylation is 2. The maximum Gasteiger partial charge on any atom is 0.255 e. The van der Waals surface area contributed by atoms with E-state index in [-0.39, 0.29) is 17.3 Å². The smallest absolute Gasteiger partial charge is 0.255 e. The Bertz CT molecular complexity index is 1040. The highest BCUT2D eigenvalue weighted by molar-refractivity contribution is 6.10. The first-order valence-electron chi connectivity index (χ1n) is 9.49. The van der Waals surface area contributed by atoms with Crippen LogP contribution in [-0.4, -0.2) is 21.4 Å². The molecule has 4 rings (SSSR count). The first kappa shape index (κ1) is 18.4. The molecule has 2 N–H and O–H groups in total. The number of halogens is 1. The van der Waals surface area contributed by atoms with Crippen molar-refractivity contribution >= 4 is 22.8 Å². The first-order valence-corrected chi connectivity index (χ1v) is 9.49. The molecule has 0 spiro atoms. The van der Waals surface area contributed by atoms with Crippen molar-refractivity contribution in [3.63, 3.8) is 0 Å². The third-order valence-electron chi connectivity index (χ3n) is 5.10. The topological polar surface area (TPSA) is 80.0 Å². The van der Waals surface area contributed by atoms with Crippen molar-refractivity contribution in [2.24, 2.45) is 0 Å². The van der Waals surface area contributed by atoms with E-state index in [0.29, 0.717) is 47.0 Å². The van der Waals surface area contributed by atoms with Gasteiger partial charge in [0, 0.05) is 18.5 Å². The summed E-state index contributed by atoms with van der Waals surface area (Å²) in [6.07, 6.45) is 2.79. The molecule has 2 heterocycles. The number of hydrogen-bond donors (Lipinski definition) is 2. The molecule has 0 saturated heterocycles. The third kappa shape index (κ3) is 3.56. The molecule has 1 aliphatic rings. The maximum absolute atomic E-state index is 13.1. The highest BCUT2D eigenvalue weighted by atomic mass is 19.1. The number of benzene rings is 1. The van der Waals surface area contributed by atoms with Crippen molar-refractivity contribution in [3.05, 3.63) is 52.8 Å². The number of amides is 1. The van der Waals surface area contributed by atoms with Crippen LogP contribution < -0.4 is 10.6 Å². The molecule has 1 saturated carbocycles. The molecule has 146 valence electrons. The van der Waals surface area contributed by atoms with Gasteiger partial charge in [0.2, 0.25) is 5.71 Å². The summed E-state index contributed by atoms with van der Waals surface area (Å²) in [6, 6.07) is 6.04. The summed E-state index contributed by atoms with van der Waals surface area (Å²) in [6.45, 7) is 6.16. The molecule has 2 aromatic heterocycles. The van der Waals surface area contributed by atoms with Crippen molar-refractivity contribution in [3.8, 4) is 0 Å². The fourth-order valence-corrected chi connectivity index (χ4v) is 3.15. The van der Waals surface area contributed by atoms with Crippen LogP contribution in [0.1, 0.15) is 54.2 Å². The first-order chi connectivity index (χ1) is 13.4. The Balaban J connectivity index is 1.68. The second-order valence-electron chi connectivity index (χ2n) is 7.55. The van der Waals surface area contributed by atoms with E-state index in [1.54, 1.807) is 19.1 Å². The van der Waals surface area contributed by atoms with E-state index >= 15 is 0 Å². The van der Waals surface area contributed by atoms with Crippen LogP contribution in [0.5, 0.6) is 0 Å². The zero-order valence-electron chi connectivity index (χ0n) is 16.2. The second kappa shape index (κ2) is 6.89. The number of furan rings is 1. The molecular weight excluding hydrogens is 359 g/mol. The van der Waals surface area contributed by atoms with Gasteiger partial charge in [0.15, 0.2) is 0 Å². The van der Waals surface area contributed by atoms with Gasteiger partial charge in [-0.15, -0.1) is 0 Å². The number of hydrogen-bond acceptors (Lipinski definition) is 5. The summed E-state index contributed by atoms with van der Waals surface area (Å²) >= 11 is 0. The van der Waals surface area contributed by atoms with Crippen LogP contribution in [0.25, 0.3) is 11.1 Å². The van der Waals surface area contributed by atoms with Crippen LogP contribution in [0.2, 0.25) is 0 Å². The molecule has 28 heavy (non-hydrogen) atoms. The minimum Gasteiger partial charge on any atom is -0.442 e. The lowest BCUT2D eigenvalue weighted by atomic mass is 10.1. The van der Waals surface area contributed by atoms with Crippen LogP contribution in [-0.2, 0) is 13.0 Å². The lowest BCUT2D eigenvalue weighted by Crippen LogP contribution is -2.24. The predicted molar refractivity (Wildman–Crippen MR) is 105 cm³/mol. The second-order valence-corrected chi connectivity index (χ2v) is 7.55. The lowest BCUT2D eigenvalue weighted by Gasteiger charge is -2.14. The van der Waals surface area contributed by atoms with Gasteiger partial charge in [0.05, 0.1) is 10.9 Å². The van der Waals surface area contributed by atoms with E-state index in [1.807, 2.05) is 6.92 Å². The molecule has 0 aliphatic heterocycles. The van der Waals surface area contributed by atoms with E-state index in [1.165, 1.54) is 12.1 Å². The van der Waals surface area contributed by atoms with Crippen LogP contribution in [0.15, 0.2) is 28.7 Å². The fourth-order valence-electron chi connectivity index (χ4n) is 3.15. The van der Waals surface area contributed by atoms with Gasteiger partial charge in [-0.2, -0.15) is 4.98 Å². The number of fused-ring (bicyclic) bond motifs is 1. The van der Waals surface area contributed by atoms with Crippen molar-refractivity contribution in [2.75, 3.05) is 5.32 Å². The van der Waals surface area contributed by atoms with Gasteiger partial charge in [0.25, 0.3) is 5.91 Å². The summed E-state index contributed by atoms with van der Waals surface area (Å²) in [4.78, 5) is 22.0. The average molecular weight is 382 g/mol. The van der Waals surface area contributed by atoms with Gasteiger partial charge in [-0.1, -0.05) is 19.1 Å². The molecule has 7 heteroatoms. The average Bonchev–Trinajstić information content (AvgIpc) is 3.29. The van der Waals surface area contributed by atoms with Gasteiger partial charge in [-0.05, 0) is 44.4 Å². The lowest BCUT2D eigenvalue weighted by molar-refractivity contribution is 0.0951. The van der Waals surface area contributed by atoms with Gasteiger partial charge in [-0.25, -0.2) is 9.37 Å². The summed E-state index contributed by atoms with van der Waals surface area (Å²) in [5, 5.41) is 6.96. The Labute approximate surface area is 162 Å². The number of carbonyl (C=O) groups excluding carboxylic acids is 1. The van der Waals surface area contributed by atoms with E-state index in [2.05, 4.69) is 27.5 Å². The largest absolute Gasteiger partial charge is 0.442 e. The predicted octanol–water partition coefficient (Wildman–Crippen LogP) is 4.13. The van der Waals surface area contributed by atoms with Crippen LogP contribution in [0.3, 0.4) is 0 Å². The van der Waals surface area contributed by atoms with E-state index in [9.17, 15) is 9.18 Å². The summed E-state index contributed by atoms with van der Waals surface area (Å²) in [7, 11) is 0. The van der Waals surface area contributed by atoms with Gasteiger partial charge in [-0.3, -0.25) is 4.79 Å². The minimum atomic E-state index is -0.306. The van der Waals surface area contributed by atoms with Crippen molar-refractivity contribution < 1.29 is 13.6 Å². The van der Waals surface area contributed by atoms with E-state index in [4.69, 9.17) is 4.42 Å². The number of rotatable bonds is 6. The molecule has 0 unspecified atom stereocenters. The molecular formula is C21H23FN4O2. The third-order valence-corrected chi connectivity index (χ3v) is 5.10.